The number of para-hydroxylation sites is 1. The van der Waals surface area contributed by atoms with Crippen LogP contribution in [-0.4, -0.2) is 53.7 Å². The number of sulfonamides is 1. The molecule has 0 bridgehead atoms. The SMILES string of the molecule is CCc1ccccc1NS(=O)(=O)c1ccc(OC)c(N2CCN(C)CC2)c1. The molecule has 27 heavy (non-hydrogen) atoms. The molecule has 3 rings (SSSR count). The van der Waals surface area contributed by atoms with Crippen LogP contribution in [0.1, 0.15) is 12.5 Å². The second-order valence-electron chi connectivity index (χ2n) is 6.74. The van der Waals surface area contributed by atoms with Gasteiger partial charge < -0.3 is 14.5 Å². The highest BCUT2D eigenvalue weighted by atomic mass is 32.2. The molecular weight excluding hydrogens is 362 g/mol. The lowest BCUT2D eigenvalue weighted by molar-refractivity contribution is 0.311. The van der Waals surface area contributed by atoms with Crippen molar-refractivity contribution >= 4 is 21.4 Å². The molecule has 0 aromatic heterocycles. The highest BCUT2D eigenvalue weighted by Gasteiger charge is 2.22. The molecule has 1 N–H and O–H groups in total. The molecule has 0 amide bonds. The number of ether oxygens (including phenoxy) is 1. The minimum Gasteiger partial charge on any atom is -0.495 e. The van der Waals surface area contributed by atoms with Crippen LogP contribution in [0.15, 0.2) is 47.4 Å². The molecule has 2 aromatic rings. The standard InChI is InChI=1S/C20H27N3O3S/c1-4-16-7-5-6-8-18(16)21-27(24,25)17-9-10-20(26-3)19(15-17)23-13-11-22(2)12-14-23/h5-10,15,21H,4,11-14H2,1-3H3. The number of methoxy groups -OCH3 is 1. The summed E-state index contributed by atoms with van der Waals surface area (Å²) < 4.78 is 34.2. The van der Waals surface area contributed by atoms with Gasteiger partial charge in [-0.2, -0.15) is 0 Å². The van der Waals surface area contributed by atoms with Gasteiger partial charge in [-0.15, -0.1) is 0 Å². The summed E-state index contributed by atoms with van der Waals surface area (Å²) in [6, 6.07) is 12.5. The largest absolute Gasteiger partial charge is 0.495 e. The number of nitrogens with one attached hydrogen (secondary N) is 1. The Bertz CT molecular complexity index is 891. The smallest absolute Gasteiger partial charge is 0.261 e. The zero-order valence-corrected chi connectivity index (χ0v) is 16.9. The second-order valence-corrected chi connectivity index (χ2v) is 8.42. The third kappa shape index (κ3) is 4.36. The molecule has 0 aliphatic carbocycles. The predicted octanol–water partition coefficient (Wildman–Crippen LogP) is 2.81. The third-order valence-electron chi connectivity index (χ3n) is 4.95. The summed E-state index contributed by atoms with van der Waals surface area (Å²) in [7, 11) is 0.0123. The van der Waals surface area contributed by atoms with Crippen molar-refractivity contribution in [2.45, 2.75) is 18.2 Å². The lowest BCUT2D eigenvalue weighted by atomic mass is 10.1. The molecule has 1 aliphatic rings. The first kappa shape index (κ1) is 19.5. The molecular formula is C20H27N3O3S. The number of rotatable bonds is 6. The first-order valence-corrected chi connectivity index (χ1v) is 10.6. The van der Waals surface area contributed by atoms with E-state index >= 15 is 0 Å². The van der Waals surface area contributed by atoms with Crippen molar-refractivity contribution in [3.63, 3.8) is 0 Å². The molecule has 0 unspecified atom stereocenters. The van der Waals surface area contributed by atoms with E-state index in [0.717, 1.165) is 43.9 Å². The van der Waals surface area contributed by atoms with E-state index in [0.29, 0.717) is 11.4 Å². The van der Waals surface area contributed by atoms with Crippen molar-refractivity contribution in [2.75, 3.05) is 50.0 Å². The van der Waals surface area contributed by atoms with Gasteiger partial charge in [-0.05, 0) is 43.3 Å². The summed E-state index contributed by atoms with van der Waals surface area (Å²) in [5.74, 6) is 0.687. The minimum absolute atomic E-state index is 0.239. The highest BCUT2D eigenvalue weighted by molar-refractivity contribution is 7.92. The molecule has 0 saturated carbocycles. The van der Waals surface area contributed by atoms with Crippen LogP contribution in [0, 0.1) is 0 Å². The Balaban J connectivity index is 1.92. The van der Waals surface area contributed by atoms with E-state index < -0.39 is 10.0 Å². The summed E-state index contributed by atoms with van der Waals surface area (Å²) in [6.07, 6.45) is 0.758. The van der Waals surface area contributed by atoms with Gasteiger partial charge in [-0.25, -0.2) is 8.42 Å². The molecule has 1 aliphatic heterocycles. The molecule has 1 fully saturated rings. The zero-order chi connectivity index (χ0) is 19.4. The third-order valence-corrected chi connectivity index (χ3v) is 6.31. The van der Waals surface area contributed by atoms with Crippen molar-refractivity contribution in [3.05, 3.63) is 48.0 Å². The highest BCUT2D eigenvalue weighted by Crippen LogP contribution is 2.32. The molecule has 0 atom stereocenters. The Hall–Kier alpha value is -2.25. The first-order chi connectivity index (χ1) is 12.9. The van der Waals surface area contributed by atoms with Gasteiger partial charge in [-0.3, -0.25) is 4.72 Å². The quantitative estimate of drug-likeness (QED) is 0.823. The fourth-order valence-electron chi connectivity index (χ4n) is 3.26. The fraction of sp³-hybridized carbons (Fsp3) is 0.400. The van der Waals surface area contributed by atoms with Crippen LogP contribution in [0.4, 0.5) is 11.4 Å². The maximum atomic E-state index is 13.0. The molecule has 7 heteroatoms. The zero-order valence-electron chi connectivity index (χ0n) is 16.1. The number of nitrogens with zero attached hydrogens (tertiary/aromatic N) is 2. The average Bonchev–Trinajstić information content (AvgIpc) is 2.68. The number of hydrogen-bond acceptors (Lipinski definition) is 5. The van der Waals surface area contributed by atoms with Crippen LogP contribution in [0.2, 0.25) is 0 Å². The summed E-state index contributed by atoms with van der Waals surface area (Å²) >= 11 is 0. The monoisotopic (exact) mass is 389 g/mol. The number of aryl methyl sites for hydroxylation is 1. The summed E-state index contributed by atoms with van der Waals surface area (Å²) in [6.45, 7) is 5.54. The Labute approximate surface area is 161 Å². The van der Waals surface area contributed by atoms with Crippen LogP contribution in [0.25, 0.3) is 0 Å². The van der Waals surface area contributed by atoms with Crippen molar-refractivity contribution in [2.24, 2.45) is 0 Å². The lowest BCUT2D eigenvalue weighted by Gasteiger charge is -2.34. The van der Waals surface area contributed by atoms with Crippen LogP contribution < -0.4 is 14.4 Å². The van der Waals surface area contributed by atoms with Gasteiger partial charge in [-0.1, -0.05) is 25.1 Å². The predicted molar refractivity (Wildman–Crippen MR) is 109 cm³/mol. The topological polar surface area (TPSA) is 61.9 Å². The van der Waals surface area contributed by atoms with Crippen molar-refractivity contribution in [1.82, 2.24) is 4.90 Å². The second kappa shape index (κ2) is 8.19. The summed E-state index contributed by atoms with van der Waals surface area (Å²) in [4.78, 5) is 4.67. The Morgan fingerprint density at radius 3 is 2.44 bits per heavy atom. The Morgan fingerprint density at radius 1 is 1.07 bits per heavy atom. The van der Waals surface area contributed by atoms with E-state index in [1.807, 2.05) is 25.1 Å². The van der Waals surface area contributed by atoms with Crippen molar-refractivity contribution in [1.29, 1.82) is 0 Å². The van der Waals surface area contributed by atoms with Crippen LogP contribution in [0.3, 0.4) is 0 Å². The number of piperazine rings is 1. The molecule has 2 aromatic carbocycles. The Kier molecular flexibility index (Phi) is 5.92. The summed E-state index contributed by atoms with van der Waals surface area (Å²) in [5, 5.41) is 0. The molecule has 0 radical (unpaired) electrons. The van der Waals surface area contributed by atoms with Gasteiger partial charge in [0.05, 0.1) is 23.4 Å². The normalized spacial score (nSPS) is 15.6. The van der Waals surface area contributed by atoms with Crippen LogP contribution in [0.5, 0.6) is 5.75 Å². The average molecular weight is 390 g/mol. The van der Waals surface area contributed by atoms with Gasteiger partial charge in [0.1, 0.15) is 5.75 Å². The van der Waals surface area contributed by atoms with E-state index in [-0.39, 0.29) is 4.90 Å². The van der Waals surface area contributed by atoms with E-state index in [1.165, 1.54) is 0 Å². The van der Waals surface area contributed by atoms with Crippen molar-refractivity contribution < 1.29 is 13.2 Å². The van der Waals surface area contributed by atoms with E-state index in [4.69, 9.17) is 4.74 Å². The molecule has 0 spiro atoms. The molecule has 1 saturated heterocycles. The summed E-state index contributed by atoms with van der Waals surface area (Å²) in [5.41, 5.74) is 2.41. The van der Waals surface area contributed by atoms with Gasteiger partial charge in [0, 0.05) is 26.2 Å². The number of likely N-dealkylation sites (N-methyl/N-ethyl adjacent to an activating group) is 1. The lowest BCUT2D eigenvalue weighted by Crippen LogP contribution is -2.44. The van der Waals surface area contributed by atoms with Crippen LogP contribution in [-0.2, 0) is 16.4 Å². The van der Waals surface area contributed by atoms with Gasteiger partial charge in [0.25, 0.3) is 10.0 Å². The number of hydrogen-bond donors (Lipinski definition) is 1. The molecule has 146 valence electrons. The first-order valence-electron chi connectivity index (χ1n) is 9.17. The van der Waals surface area contributed by atoms with Gasteiger partial charge in [0.2, 0.25) is 0 Å². The van der Waals surface area contributed by atoms with E-state index in [1.54, 1.807) is 31.4 Å². The van der Waals surface area contributed by atoms with Gasteiger partial charge in [0.15, 0.2) is 0 Å². The van der Waals surface area contributed by atoms with Crippen LogP contribution >= 0.6 is 0 Å². The van der Waals surface area contributed by atoms with Crippen molar-refractivity contribution in [3.8, 4) is 5.75 Å². The van der Waals surface area contributed by atoms with E-state index in [9.17, 15) is 8.42 Å². The fourth-order valence-corrected chi connectivity index (χ4v) is 4.38. The number of anilines is 2. The van der Waals surface area contributed by atoms with E-state index in [2.05, 4.69) is 21.6 Å². The number of benzene rings is 2. The molecule has 6 nitrogen and oxygen atoms in total. The Morgan fingerprint density at radius 2 is 1.78 bits per heavy atom. The minimum atomic E-state index is -3.69. The maximum absolute atomic E-state index is 13.0. The molecule has 1 heterocycles. The van der Waals surface area contributed by atoms with Gasteiger partial charge >= 0.3 is 0 Å². The maximum Gasteiger partial charge on any atom is 0.261 e.